The summed E-state index contributed by atoms with van der Waals surface area (Å²) >= 11 is 0. The Morgan fingerprint density at radius 3 is 2.67 bits per heavy atom. The van der Waals surface area contributed by atoms with Gasteiger partial charge in [0.15, 0.2) is 0 Å². The Kier molecular flexibility index (Phi) is 4.80. The number of aromatic nitrogens is 2. The van der Waals surface area contributed by atoms with Crippen molar-refractivity contribution in [1.82, 2.24) is 14.5 Å². The fraction of sp³-hybridized carbons (Fsp3) is 0.389. The second-order valence-electron chi connectivity index (χ2n) is 6.01. The predicted octanol–water partition coefficient (Wildman–Crippen LogP) is 2.05. The van der Waals surface area contributed by atoms with Crippen molar-refractivity contribution >= 4 is 11.6 Å². The SMILES string of the molecule is CC(C(=O)N1CCCN(c2ccc(C#N)cc2)CC1)n1ccnc1. The fourth-order valence-corrected chi connectivity index (χ4v) is 3.03. The Bertz CT molecular complexity index is 717. The van der Waals surface area contributed by atoms with Crippen LogP contribution in [-0.2, 0) is 4.79 Å². The maximum atomic E-state index is 12.7. The lowest BCUT2D eigenvalue weighted by molar-refractivity contribution is -0.134. The third-order valence-electron chi connectivity index (χ3n) is 4.50. The van der Waals surface area contributed by atoms with Gasteiger partial charge in [-0.2, -0.15) is 5.26 Å². The molecular weight excluding hydrogens is 302 g/mol. The first-order valence-corrected chi connectivity index (χ1v) is 8.20. The van der Waals surface area contributed by atoms with Gasteiger partial charge in [0.05, 0.1) is 18.0 Å². The Balaban J connectivity index is 1.64. The number of rotatable bonds is 3. The summed E-state index contributed by atoms with van der Waals surface area (Å²) in [4.78, 5) is 20.9. The largest absolute Gasteiger partial charge is 0.370 e. The van der Waals surface area contributed by atoms with Gasteiger partial charge in [-0.1, -0.05) is 0 Å². The Labute approximate surface area is 141 Å². The van der Waals surface area contributed by atoms with Crippen LogP contribution in [0.2, 0.25) is 0 Å². The average Bonchev–Trinajstić information content (AvgIpc) is 3.05. The van der Waals surface area contributed by atoms with Crippen molar-refractivity contribution in [2.45, 2.75) is 19.4 Å². The van der Waals surface area contributed by atoms with E-state index in [2.05, 4.69) is 16.0 Å². The van der Waals surface area contributed by atoms with Crippen LogP contribution in [0.15, 0.2) is 43.0 Å². The van der Waals surface area contributed by atoms with E-state index in [1.807, 2.05) is 46.9 Å². The summed E-state index contributed by atoms with van der Waals surface area (Å²) in [6.07, 6.45) is 6.13. The van der Waals surface area contributed by atoms with Gasteiger partial charge in [-0.25, -0.2) is 4.98 Å². The molecule has 1 aromatic heterocycles. The van der Waals surface area contributed by atoms with Gasteiger partial charge in [-0.3, -0.25) is 4.79 Å². The molecule has 1 aliphatic rings. The number of hydrogen-bond donors (Lipinski definition) is 0. The fourth-order valence-electron chi connectivity index (χ4n) is 3.03. The zero-order chi connectivity index (χ0) is 16.9. The van der Waals surface area contributed by atoms with Gasteiger partial charge in [-0.15, -0.1) is 0 Å². The van der Waals surface area contributed by atoms with E-state index in [1.165, 1.54) is 0 Å². The summed E-state index contributed by atoms with van der Waals surface area (Å²) in [5.74, 6) is 0.134. The molecule has 3 rings (SSSR count). The molecule has 124 valence electrons. The molecule has 0 bridgehead atoms. The van der Waals surface area contributed by atoms with Crippen molar-refractivity contribution in [2.24, 2.45) is 0 Å². The summed E-state index contributed by atoms with van der Waals surface area (Å²) in [6, 6.07) is 9.54. The third-order valence-corrected chi connectivity index (χ3v) is 4.50. The molecule has 1 saturated heterocycles. The molecule has 6 heteroatoms. The minimum Gasteiger partial charge on any atom is -0.370 e. The second kappa shape index (κ2) is 7.18. The number of anilines is 1. The molecule has 0 radical (unpaired) electrons. The molecule has 0 spiro atoms. The number of amides is 1. The summed E-state index contributed by atoms with van der Waals surface area (Å²) in [6.45, 7) is 5.10. The van der Waals surface area contributed by atoms with E-state index in [9.17, 15) is 4.79 Å². The van der Waals surface area contributed by atoms with E-state index in [1.54, 1.807) is 12.5 Å². The highest BCUT2D eigenvalue weighted by Crippen LogP contribution is 2.19. The predicted molar refractivity (Wildman–Crippen MR) is 91.5 cm³/mol. The molecule has 1 amide bonds. The number of hydrogen-bond acceptors (Lipinski definition) is 4. The molecule has 2 heterocycles. The van der Waals surface area contributed by atoms with Crippen LogP contribution in [0.1, 0.15) is 24.9 Å². The van der Waals surface area contributed by atoms with Gasteiger partial charge in [0.25, 0.3) is 0 Å². The van der Waals surface area contributed by atoms with E-state index >= 15 is 0 Å². The number of carbonyl (C=O) groups is 1. The molecule has 1 unspecified atom stereocenters. The van der Waals surface area contributed by atoms with Crippen LogP contribution >= 0.6 is 0 Å². The highest BCUT2D eigenvalue weighted by Gasteiger charge is 2.24. The molecule has 6 nitrogen and oxygen atoms in total. The standard InChI is InChI=1S/C18H21N5O/c1-15(23-10-7-20-14-23)18(24)22-9-2-8-21(11-12-22)17-5-3-16(13-19)4-6-17/h3-7,10,14-15H,2,8-9,11-12H2,1H3. The number of imidazole rings is 1. The molecule has 0 aliphatic carbocycles. The van der Waals surface area contributed by atoms with Crippen molar-refractivity contribution < 1.29 is 4.79 Å². The van der Waals surface area contributed by atoms with Crippen molar-refractivity contribution in [2.75, 3.05) is 31.1 Å². The second-order valence-corrected chi connectivity index (χ2v) is 6.01. The van der Waals surface area contributed by atoms with E-state index in [-0.39, 0.29) is 11.9 Å². The van der Waals surface area contributed by atoms with Gasteiger partial charge >= 0.3 is 0 Å². The molecule has 1 aliphatic heterocycles. The van der Waals surface area contributed by atoms with E-state index in [4.69, 9.17) is 5.26 Å². The molecule has 0 N–H and O–H groups in total. The third kappa shape index (κ3) is 3.40. The van der Waals surface area contributed by atoms with Crippen molar-refractivity contribution in [3.63, 3.8) is 0 Å². The van der Waals surface area contributed by atoms with Crippen LogP contribution in [0, 0.1) is 11.3 Å². The van der Waals surface area contributed by atoms with Crippen molar-refractivity contribution in [3.05, 3.63) is 48.5 Å². The minimum atomic E-state index is -0.228. The summed E-state index contributed by atoms with van der Waals surface area (Å²) in [5, 5.41) is 8.90. The maximum Gasteiger partial charge on any atom is 0.245 e. The Hall–Kier alpha value is -2.81. The summed E-state index contributed by atoms with van der Waals surface area (Å²) in [7, 11) is 0. The van der Waals surface area contributed by atoms with E-state index in [0.717, 1.165) is 31.7 Å². The Morgan fingerprint density at radius 1 is 1.21 bits per heavy atom. The first-order chi connectivity index (χ1) is 11.7. The molecule has 1 atom stereocenters. The number of carbonyl (C=O) groups excluding carboxylic acids is 1. The van der Waals surface area contributed by atoms with Crippen LogP contribution in [0.4, 0.5) is 5.69 Å². The number of nitriles is 1. The maximum absolute atomic E-state index is 12.7. The topological polar surface area (TPSA) is 65.2 Å². The lowest BCUT2D eigenvalue weighted by Gasteiger charge is -2.26. The lowest BCUT2D eigenvalue weighted by Crippen LogP contribution is -2.38. The minimum absolute atomic E-state index is 0.134. The molecule has 1 aromatic carbocycles. The first-order valence-electron chi connectivity index (χ1n) is 8.20. The van der Waals surface area contributed by atoms with Crippen LogP contribution < -0.4 is 4.90 Å². The molecule has 24 heavy (non-hydrogen) atoms. The van der Waals surface area contributed by atoms with Crippen LogP contribution in [0.5, 0.6) is 0 Å². The van der Waals surface area contributed by atoms with Crippen LogP contribution in [0.3, 0.4) is 0 Å². The summed E-state index contributed by atoms with van der Waals surface area (Å²) in [5.41, 5.74) is 1.77. The van der Waals surface area contributed by atoms with Crippen LogP contribution in [0.25, 0.3) is 0 Å². The van der Waals surface area contributed by atoms with Gasteiger partial charge in [0, 0.05) is 44.3 Å². The quantitative estimate of drug-likeness (QED) is 0.867. The van der Waals surface area contributed by atoms with Crippen molar-refractivity contribution in [1.29, 1.82) is 5.26 Å². The zero-order valence-electron chi connectivity index (χ0n) is 13.8. The monoisotopic (exact) mass is 323 g/mol. The highest BCUT2D eigenvalue weighted by molar-refractivity contribution is 5.80. The Morgan fingerprint density at radius 2 is 2.00 bits per heavy atom. The number of benzene rings is 1. The highest BCUT2D eigenvalue weighted by atomic mass is 16.2. The number of nitrogens with zero attached hydrogens (tertiary/aromatic N) is 5. The van der Waals surface area contributed by atoms with Gasteiger partial charge < -0.3 is 14.4 Å². The molecule has 2 aromatic rings. The first kappa shape index (κ1) is 16.1. The van der Waals surface area contributed by atoms with Gasteiger partial charge in [-0.05, 0) is 37.6 Å². The normalized spacial score (nSPS) is 16.3. The van der Waals surface area contributed by atoms with Gasteiger partial charge in [0.2, 0.25) is 5.91 Å². The van der Waals surface area contributed by atoms with E-state index in [0.29, 0.717) is 12.1 Å². The average molecular weight is 323 g/mol. The lowest BCUT2D eigenvalue weighted by atomic mass is 10.2. The van der Waals surface area contributed by atoms with Gasteiger partial charge in [0.1, 0.15) is 6.04 Å². The zero-order valence-corrected chi connectivity index (χ0v) is 13.8. The molecule has 1 fully saturated rings. The van der Waals surface area contributed by atoms with E-state index < -0.39 is 0 Å². The van der Waals surface area contributed by atoms with Crippen molar-refractivity contribution in [3.8, 4) is 6.07 Å². The van der Waals surface area contributed by atoms with Crippen LogP contribution in [-0.4, -0.2) is 46.5 Å². The molecule has 0 saturated carbocycles. The smallest absolute Gasteiger partial charge is 0.245 e. The summed E-state index contributed by atoms with van der Waals surface area (Å²) < 4.78 is 1.84. The molecular formula is C18H21N5O.